The number of pyridine rings is 1. The normalized spacial score (nSPS) is 18.1. The Kier molecular flexibility index (Phi) is 7.37. The Morgan fingerprint density at radius 3 is 2.81 bits per heavy atom. The second-order valence-corrected chi connectivity index (χ2v) is 8.74. The largest absolute Gasteiger partial charge is 0.480 e. The topological polar surface area (TPSA) is 85.8 Å². The molecule has 2 aromatic rings. The maximum absolute atomic E-state index is 13.1. The highest BCUT2D eigenvalue weighted by Crippen LogP contribution is 2.24. The van der Waals surface area contributed by atoms with Crippen molar-refractivity contribution in [1.82, 2.24) is 9.88 Å². The third kappa shape index (κ3) is 5.65. The summed E-state index contributed by atoms with van der Waals surface area (Å²) in [6.45, 7) is 3.24. The Morgan fingerprint density at radius 1 is 1.16 bits per heavy atom. The maximum Gasteiger partial charge on any atom is 0.323 e. The summed E-state index contributed by atoms with van der Waals surface area (Å²) in [6, 6.07) is 13.4. The van der Waals surface area contributed by atoms with Gasteiger partial charge >= 0.3 is 5.97 Å². The van der Waals surface area contributed by atoms with Gasteiger partial charge in [0.2, 0.25) is 5.91 Å². The molecule has 7 nitrogen and oxygen atoms in total. The first-order valence-electron chi connectivity index (χ1n) is 11.6. The maximum atomic E-state index is 13.1. The number of carbonyl (C=O) groups is 2. The molecule has 2 N–H and O–H groups in total. The number of hydrogen-bond acceptors (Lipinski definition) is 5. The molecule has 32 heavy (non-hydrogen) atoms. The van der Waals surface area contributed by atoms with Crippen LogP contribution in [0.5, 0.6) is 0 Å². The van der Waals surface area contributed by atoms with Crippen LogP contribution in [0.1, 0.15) is 36.9 Å². The van der Waals surface area contributed by atoms with Crippen molar-refractivity contribution in [2.24, 2.45) is 5.92 Å². The molecule has 0 spiro atoms. The van der Waals surface area contributed by atoms with E-state index in [0.29, 0.717) is 12.2 Å². The highest BCUT2D eigenvalue weighted by Gasteiger charge is 2.32. The number of nitrogens with zero attached hydrogens (tertiary/aromatic N) is 3. The molecule has 1 atom stereocenters. The fourth-order valence-corrected chi connectivity index (χ4v) is 4.65. The molecule has 0 bridgehead atoms. The molecule has 1 fully saturated rings. The molecule has 1 amide bonds. The van der Waals surface area contributed by atoms with Crippen LogP contribution >= 0.6 is 0 Å². The van der Waals surface area contributed by atoms with E-state index in [-0.39, 0.29) is 18.4 Å². The van der Waals surface area contributed by atoms with Crippen LogP contribution in [-0.2, 0) is 22.4 Å². The van der Waals surface area contributed by atoms with E-state index in [1.165, 1.54) is 16.9 Å². The van der Waals surface area contributed by atoms with Gasteiger partial charge in [0.1, 0.15) is 12.4 Å². The average Bonchev–Trinajstić information content (AvgIpc) is 3.29. The standard InChI is InChI=1S/C25H32N4O3/c30-23(31)18-29(22-9-2-1-3-10-22)25(32)20-13-16-28(17-20)15-5-4-8-21-12-11-19-7-6-14-26-24(19)27-21/h1-3,9-12,20H,4-8,13-18H2,(H,26,27)(H,30,31)/t20-/m1/s1. The fraction of sp³-hybridized carbons (Fsp3) is 0.480. The summed E-state index contributed by atoms with van der Waals surface area (Å²) in [4.78, 5) is 32.9. The Balaban J connectivity index is 1.24. The van der Waals surface area contributed by atoms with Crippen molar-refractivity contribution < 1.29 is 14.7 Å². The molecule has 0 unspecified atom stereocenters. The van der Waals surface area contributed by atoms with Crippen LogP contribution in [-0.4, -0.2) is 59.6 Å². The zero-order chi connectivity index (χ0) is 22.3. The number of para-hydroxylation sites is 1. The number of aryl methyl sites for hydroxylation is 2. The number of nitrogens with one attached hydrogen (secondary N) is 1. The van der Waals surface area contributed by atoms with Crippen LogP contribution in [0.25, 0.3) is 0 Å². The predicted molar refractivity (Wildman–Crippen MR) is 125 cm³/mol. The highest BCUT2D eigenvalue weighted by atomic mass is 16.4. The van der Waals surface area contributed by atoms with Crippen LogP contribution < -0.4 is 10.2 Å². The zero-order valence-corrected chi connectivity index (χ0v) is 18.5. The summed E-state index contributed by atoms with van der Waals surface area (Å²) in [5, 5.41) is 12.7. The van der Waals surface area contributed by atoms with Crippen LogP contribution in [0.4, 0.5) is 11.5 Å². The second kappa shape index (κ2) is 10.6. The number of hydrogen-bond donors (Lipinski definition) is 2. The van der Waals surface area contributed by atoms with Crippen molar-refractivity contribution in [3.05, 3.63) is 53.7 Å². The molecular formula is C25H32N4O3. The molecule has 2 aliphatic rings. The van der Waals surface area contributed by atoms with E-state index in [1.54, 1.807) is 12.1 Å². The van der Waals surface area contributed by atoms with E-state index in [9.17, 15) is 14.7 Å². The number of unbranched alkanes of at least 4 members (excludes halogenated alkanes) is 1. The van der Waals surface area contributed by atoms with Gasteiger partial charge in [0.25, 0.3) is 0 Å². The first kappa shape index (κ1) is 22.3. The van der Waals surface area contributed by atoms with Crippen LogP contribution in [0.2, 0.25) is 0 Å². The minimum atomic E-state index is -0.997. The lowest BCUT2D eigenvalue weighted by Crippen LogP contribution is -2.40. The fourth-order valence-electron chi connectivity index (χ4n) is 4.65. The van der Waals surface area contributed by atoms with Gasteiger partial charge in [0.15, 0.2) is 0 Å². The summed E-state index contributed by atoms with van der Waals surface area (Å²) in [7, 11) is 0. The third-order valence-electron chi connectivity index (χ3n) is 6.36. The monoisotopic (exact) mass is 436 g/mol. The second-order valence-electron chi connectivity index (χ2n) is 8.74. The lowest BCUT2D eigenvalue weighted by atomic mass is 10.1. The molecular weight excluding hydrogens is 404 g/mol. The van der Waals surface area contributed by atoms with Gasteiger partial charge in [-0.1, -0.05) is 24.3 Å². The first-order chi connectivity index (χ1) is 15.6. The van der Waals surface area contributed by atoms with Crippen molar-refractivity contribution in [2.75, 3.05) is 42.9 Å². The minimum Gasteiger partial charge on any atom is -0.480 e. The summed E-state index contributed by atoms with van der Waals surface area (Å²) < 4.78 is 0. The number of anilines is 2. The van der Waals surface area contributed by atoms with Gasteiger partial charge in [-0.2, -0.15) is 0 Å². The molecule has 7 heteroatoms. The van der Waals surface area contributed by atoms with Crippen LogP contribution in [0, 0.1) is 5.92 Å². The number of aromatic nitrogens is 1. The van der Waals surface area contributed by atoms with E-state index in [1.807, 2.05) is 18.2 Å². The Hall–Kier alpha value is -2.93. The molecule has 3 heterocycles. The van der Waals surface area contributed by atoms with Crippen LogP contribution in [0.15, 0.2) is 42.5 Å². The van der Waals surface area contributed by atoms with Gasteiger partial charge in [0.05, 0.1) is 5.92 Å². The van der Waals surface area contributed by atoms with Gasteiger partial charge in [-0.15, -0.1) is 0 Å². The average molecular weight is 437 g/mol. The van der Waals surface area contributed by atoms with Crippen LogP contribution in [0.3, 0.4) is 0 Å². The smallest absolute Gasteiger partial charge is 0.323 e. The Bertz CT molecular complexity index is 934. The highest BCUT2D eigenvalue weighted by molar-refractivity contribution is 5.99. The molecule has 1 aromatic heterocycles. The molecule has 1 saturated heterocycles. The molecule has 4 rings (SSSR count). The Morgan fingerprint density at radius 2 is 2.00 bits per heavy atom. The molecule has 1 aromatic carbocycles. The summed E-state index contributed by atoms with van der Waals surface area (Å²) in [6.07, 6.45) is 6.15. The molecule has 0 saturated carbocycles. The van der Waals surface area contributed by atoms with Crippen molar-refractivity contribution in [3.63, 3.8) is 0 Å². The molecule has 0 aliphatic carbocycles. The number of benzene rings is 1. The van der Waals surface area contributed by atoms with Gasteiger partial charge in [-0.25, -0.2) is 4.98 Å². The van der Waals surface area contributed by atoms with E-state index in [0.717, 1.165) is 63.3 Å². The quantitative estimate of drug-likeness (QED) is 0.587. The Labute approximate surface area is 189 Å². The summed E-state index contributed by atoms with van der Waals surface area (Å²) in [5.74, 6) is -0.183. The van der Waals surface area contributed by atoms with Crippen molar-refractivity contribution in [1.29, 1.82) is 0 Å². The lowest BCUT2D eigenvalue weighted by molar-refractivity contribution is -0.137. The number of rotatable bonds is 9. The zero-order valence-electron chi connectivity index (χ0n) is 18.5. The van der Waals surface area contributed by atoms with Gasteiger partial charge < -0.3 is 20.2 Å². The first-order valence-corrected chi connectivity index (χ1v) is 11.6. The number of fused-ring (bicyclic) bond motifs is 1. The SMILES string of the molecule is O=C(O)CN(C(=O)[C@@H]1CCN(CCCCc2ccc3c(n2)NCCC3)C1)c1ccccc1. The number of likely N-dealkylation sites (tertiary alicyclic amines) is 1. The number of amides is 1. The number of carboxylic acid groups (broad SMARTS) is 1. The van der Waals surface area contributed by atoms with Gasteiger partial charge in [-0.05, 0) is 75.4 Å². The van der Waals surface area contributed by atoms with E-state index in [4.69, 9.17) is 4.98 Å². The van der Waals surface area contributed by atoms with Gasteiger partial charge in [0, 0.05) is 24.5 Å². The predicted octanol–water partition coefficient (Wildman–Crippen LogP) is 3.20. The van der Waals surface area contributed by atoms with Crippen molar-refractivity contribution >= 4 is 23.4 Å². The molecule has 2 aliphatic heterocycles. The van der Waals surface area contributed by atoms with Crippen molar-refractivity contribution in [3.8, 4) is 0 Å². The number of carboxylic acids is 1. The number of aliphatic carboxylic acids is 1. The summed E-state index contributed by atoms with van der Waals surface area (Å²) >= 11 is 0. The van der Waals surface area contributed by atoms with E-state index in [2.05, 4.69) is 22.3 Å². The van der Waals surface area contributed by atoms with Gasteiger partial charge in [-0.3, -0.25) is 9.59 Å². The van der Waals surface area contributed by atoms with Crippen molar-refractivity contribution in [2.45, 2.75) is 38.5 Å². The minimum absolute atomic E-state index is 0.0909. The molecule has 0 radical (unpaired) electrons. The molecule has 170 valence electrons. The third-order valence-corrected chi connectivity index (χ3v) is 6.36. The van der Waals surface area contributed by atoms with E-state index >= 15 is 0 Å². The summed E-state index contributed by atoms with van der Waals surface area (Å²) in [5.41, 5.74) is 3.10. The number of carbonyl (C=O) groups excluding carboxylic acids is 1. The lowest BCUT2D eigenvalue weighted by Gasteiger charge is -2.24. The van der Waals surface area contributed by atoms with E-state index < -0.39 is 5.97 Å².